The Balaban J connectivity index is 2.68. The van der Waals surface area contributed by atoms with Gasteiger partial charge < -0.3 is 14.6 Å². The van der Waals surface area contributed by atoms with Crippen LogP contribution in [0.1, 0.15) is 10.4 Å². The van der Waals surface area contributed by atoms with Crippen LogP contribution in [0.3, 0.4) is 0 Å². The van der Waals surface area contributed by atoms with E-state index in [0.717, 1.165) is 0 Å². The van der Waals surface area contributed by atoms with E-state index in [9.17, 15) is 14.0 Å². The molecule has 0 amide bonds. The number of hydrogen-bond acceptors (Lipinski definition) is 4. The zero-order valence-electron chi connectivity index (χ0n) is 7.62. The number of rotatable bonds is 2. The average molecular weight is 291 g/mol. The molecule has 5 nitrogen and oxygen atoms in total. The number of carboxylic acid groups (broad SMARTS) is 1. The van der Waals surface area contributed by atoms with E-state index in [0.29, 0.717) is 0 Å². The zero-order valence-corrected chi connectivity index (χ0v) is 9.21. The second-order valence-corrected chi connectivity index (χ2v) is 3.77. The number of carboxylic acids is 1. The van der Waals surface area contributed by atoms with Crippen LogP contribution < -0.4 is 9.47 Å². The number of benzene rings is 1. The molecule has 0 fully saturated rings. The first-order valence-corrected chi connectivity index (χ1v) is 4.87. The van der Waals surface area contributed by atoms with Crippen molar-refractivity contribution in [3.05, 3.63) is 21.9 Å². The number of Topliss-reactive ketones (excluding diaryl/α,β-unsaturated/α-hetero) is 1. The van der Waals surface area contributed by atoms with E-state index in [4.69, 9.17) is 14.6 Å². The summed E-state index contributed by atoms with van der Waals surface area (Å²) in [4.78, 5) is 21.8. The monoisotopic (exact) mass is 290 g/mol. The Labute approximate surface area is 96.9 Å². The summed E-state index contributed by atoms with van der Waals surface area (Å²) in [5, 5.41) is 8.55. The van der Waals surface area contributed by atoms with Crippen molar-refractivity contribution in [2.75, 3.05) is 6.79 Å². The van der Waals surface area contributed by atoms with Gasteiger partial charge in [-0.05, 0) is 15.9 Å². The van der Waals surface area contributed by atoms with Crippen molar-refractivity contribution in [2.24, 2.45) is 0 Å². The Hall–Kier alpha value is -1.63. The summed E-state index contributed by atoms with van der Waals surface area (Å²) in [6.07, 6.45) is 0. The molecule has 0 atom stereocenters. The largest absolute Gasteiger partial charge is 0.475 e. The Morgan fingerprint density at radius 2 is 2.12 bits per heavy atom. The molecule has 0 aromatic heterocycles. The fraction of sp³-hybridized carbons (Fsp3) is 0.111. The van der Waals surface area contributed by atoms with Gasteiger partial charge in [-0.25, -0.2) is 9.18 Å². The van der Waals surface area contributed by atoms with E-state index < -0.39 is 23.1 Å². The molecule has 1 aliphatic rings. The second-order valence-electron chi connectivity index (χ2n) is 2.92. The van der Waals surface area contributed by atoms with Gasteiger partial charge in [0.05, 0.1) is 4.47 Å². The predicted molar refractivity (Wildman–Crippen MR) is 52.2 cm³/mol. The highest BCUT2D eigenvalue weighted by molar-refractivity contribution is 9.10. The van der Waals surface area contributed by atoms with E-state index in [1.54, 1.807) is 0 Å². The summed E-state index contributed by atoms with van der Waals surface area (Å²) in [5.41, 5.74) is -0.630. The van der Waals surface area contributed by atoms with Crippen molar-refractivity contribution < 1.29 is 28.6 Å². The standard InChI is InChI=1S/C9H4BrFO5/c10-3-1-4-8(16-2-15-4)5(6(3)11)7(12)9(13)14/h1H,2H2,(H,13,14). The molecule has 1 aliphatic heterocycles. The normalized spacial score (nSPS) is 12.6. The smallest absolute Gasteiger partial charge is 0.377 e. The number of carbonyl (C=O) groups excluding carboxylic acids is 1. The number of ketones is 1. The van der Waals surface area contributed by atoms with Gasteiger partial charge in [0.1, 0.15) is 5.56 Å². The molecule has 16 heavy (non-hydrogen) atoms. The van der Waals surface area contributed by atoms with Crippen LogP contribution in [0.5, 0.6) is 11.5 Å². The molecule has 7 heteroatoms. The van der Waals surface area contributed by atoms with Crippen molar-refractivity contribution in [3.63, 3.8) is 0 Å². The maximum atomic E-state index is 13.6. The van der Waals surface area contributed by atoms with Gasteiger partial charge in [0.2, 0.25) is 6.79 Å². The van der Waals surface area contributed by atoms with Crippen LogP contribution in [0.25, 0.3) is 0 Å². The fourth-order valence-electron chi connectivity index (χ4n) is 1.30. The number of hydrogen-bond donors (Lipinski definition) is 1. The lowest BCUT2D eigenvalue weighted by molar-refractivity contribution is -0.131. The lowest BCUT2D eigenvalue weighted by Crippen LogP contribution is -2.15. The molecular formula is C9H4BrFO5. The SMILES string of the molecule is O=C(O)C(=O)c1c(F)c(Br)cc2c1OCO2. The third-order valence-electron chi connectivity index (χ3n) is 1.98. The van der Waals surface area contributed by atoms with Gasteiger partial charge in [0.25, 0.3) is 5.78 Å². The van der Waals surface area contributed by atoms with Crippen LogP contribution in [0.4, 0.5) is 4.39 Å². The summed E-state index contributed by atoms with van der Waals surface area (Å²) in [7, 11) is 0. The Bertz CT molecular complexity index is 499. The van der Waals surface area contributed by atoms with Crippen LogP contribution in [-0.2, 0) is 4.79 Å². The summed E-state index contributed by atoms with van der Waals surface area (Å²) >= 11 is 2.86. The molecule has 0 radical (unpaired) electrons. The molecule has 1 heterocycles. The number of aliphatic carboxylic acids is 1. The Morgan fingerprint density at radius 1 is 1.44 bits per heavy atom. The zero-order chi connectivity index (χ0) is 11.9. The van der Waals surface area contributed by atoms with Crippen molar-refractivity contribution in [1.82, 2.24) is 0 Å². The first-order valence-electron chi connectivity index (χ1n) is 4.07. The van der Waals surface area contributed by atoms with Gasteiger partial charge in [-0.15, -0.1) is 0 Å². The van der Waals surface area contributed by atoms with E-state index in [1.807, 2.05) is 0 Å². The van der Waals surface area contributed by atoms with E-state index in [1.165, 1.54) is 6.07 Å². The lowest BCUT2D eigenvalue weighted by atomic mass is 10.1. The molecule has 0 unspecified atom stereocenters. The van der Waals surface area contributed by atoms with E-state index in [2.05, 4.69) is 15.9 Å². The van der Waals surface area contributed by atoms with Gasteiger partial charge >= 0.3 is 5.97 Å². The van der Waals surface area contributed by atoms with Gasteiger partial charge in [0.15, 0.2) is 17.3 Å². The second kappa shape index (κ2) is 3.75. The van der Waals surface area contributed by atoms with E-state index >= 15 is 0 Å². The molecule has 1 aromatic rings. The maximum absolute atomic E-state index is 13.6. The minimum absolute atomic E-state index is 0.0543. The molecule has 0 aliphatic carbocycles. The van der Waals surface area contributed by atoms with Crippen molar-refractivity contribution >= 4 is 27.7 Å². The molecule has 0 bridgehead atoms. The summed E-state index contributed by atoms with van der Waals surface area (Å²) in [6, 6.07) is 1.27. The number of ether oxygens (including phenoxy) is 2. The maximum Gasteiger partial charge on any atom is 0.377 e. The highest BCUT2D eigenvalue weighted by Crippen LogP contribution is 2.40. The summed E-state index contributed by atoms with van der Waals surface area (Å²) in [6.45, 7) is -0.175. The third-order valence-corrected chi connectivity index (χ3v) is 2.55. The van der Waals surface area contributed by atoms with Crippen molar-refractivity contribution in [3.8, 4) is 11.5 Å². The Kier molecular flexibility index (Phi) is 2.55. The highest BCUT2D eigenvalue weighted by Gasteiger charge is 2.31. The van der Waals surface area contributed by atoms with Crippen LogP contribution in [0.15, 0.2) is 10.5 Å². The summed E-state index contributed by atoms with van der Waals surface area (Å²) < 4.78 is 23.4. The Morgan fingerprint density at radius 3 is 2.75 bits per heavy atom. The van der Waals surface area contributed by atoms with Gasteiger partial charge in [-0.1, -0.05) is 0 Å². The minimum atomic E-state index is -1.75. The lowest BCUT2D eigenvalue weighted by Gasteiger charge is -2.05. The van der Waals surface area contributed by atoms with Crippen LogP contribution in [0.2, 0.25) is 0 Å². The number of carbonyl (C=O) groups is 2. The van der Waals surface area contributed by atoms with Crippen LogP contribution in [-0.4, -0.2) is 23.7 Å². The minimum Gasteiger partial charge on any atom is -0.475 e. The molecule has 0 saturated heterocycles. The van der Waals surface area contributed by atoms with Gasteiger partial charge in [-0.3, -0.25) is 4.79 Å². The molecule has 0 spiro atoms. The van der Waals surface area contributed by atoms with Crippen molar-refractivity contribution in [2.45, 2.75) is 0 Å². The predicted octanol–water partition coefficient (Wildman–Crippen LogP) is 1.58. The summed E-state index contributed by atoms with van der Waals surface area (Å²) in [5.74, 6) is -4.14. The molecule has 1 aromatic carbocycles. The quantitative estimate of drug-likeness (QED) is 0.661. The molecular weight excluding hydrogens is 287 g/mol. The van der Waals surface area contributed by atoms with Gasteiger partial charge in [-0.2, -0.15) is 0 Å². The molecule has 0 saturated carbocycles. The molecule has 2 rings (SSSR count). The highest BCUT2D eigenvalue weighted by atomic mass is 79.9. The number of halogens is 2. The van der Waals surface area contributed by atoms with Crippen molar-refractivity contribution in [1.29, 1.82) is 0 Å². The first-order chi connectivity index (χ1) is 7.52. The van der Waals surface area contributed by atoms with E-state index in [-0.39, 0.29) is 22.8 Å². The first kappa shape index (κ1) is 10.9. The third kappa shape index (κ3) is 1.53. The molecule has 84 valence electrons. The fourth-order valence-corrected chi connectivity index (χ4v) is 1.70. The number of fused-ring (bicyclic) bond motifs is 1. The van der Waals surface area contributed by atoms with Crippen LogP contribution >= 0.6 is 15.9 Å². The van der Waals surface area contributed by atoms with Gasteiger partial charge in [0, 0.05) is 6.07 Å². The van der Waals surface area contributed by atoms with Crippen LogP contribution in [0, 0.1) is 5.82 Å². The average Bonchev–Trinajstić information content (AvgIpc) is 2.66. The topological polar surface area (TPSA) is 72.8 Å². The molecule has 1 N–H and O–H groups in total.